The summed E-state index contributed by atoms with van der Waals surface area (Å²) in [5.74, 6) is 0.471. The highest BCUT2D eigenvalue weighted by Gasteiger charge is 2.27. The summed E-state index contributed by atoms with van der Waals surface area (Å²) < 4.78 is 5.63. The zero-order valence-electron chi connectivity index (χ0n) is 19.7. The van der Waals surface area contributed by atoms with E-state index in [0.717, 1.165) is 32.1 Å². The first-order valence-corrected chi connectivity index (χ1v) is 11.5. The molecule has 0 aliphatic carbocycles. The molecule has 170 valence electrons. The van der Waals surface area contributed by atoms with Crippen LogP contribution in [0.2, 0.25) is 0 Å². The number of hydrogen-bond acceptors (Lipinski definition) is 3. The Hall–Kier alpha value is -1.88. The first-order chi connectivity index (χ1) is 14.4. The lowest BCUT2D eigenvalue weighted by Gasteiger charge is -2.30. The van der Waals surface area contributed by atoms with Crippen LogP contribution in [0.15, 0.2) is 30.3 Å². The van der Waals surface area contributed by atoms with Crippen LogP contribution in [0.3, 0.4) is 0 Å². The van der Waals surface area contributed by atoms with E-state index in [1.165, 1.54) is 5.56 Å². The second-order valence-electron chi connectivity index (χ2n) is 8.33. The maximum absolute atomic E-state index is 12.7. The molecule has 5 nitrogen and oxygen atoms in total. The zero-order valence-corrected chi connectivity index (χ0v) is 19.7. The first-order valence-electron chi connectivity index (χ1n) is 11.5. The Labute approximate surface area is 183 Å². The highest BCUT2D eigenvalue weighted by atomic mass is 16.5. The van der Waals surface area contributed by atoms with Crippen molar-refractivity contribution in [3.05, 3.63) is 35.9 Å². The van der Waals surface area contributed by atoms with Gasteiger partial charge in [0, 0.05) is 33.2 Å². The SMILES string of the molecule is CCCN(C[C@H](OC)C(C)C(=O)NCCc1ccccc1)C(=O)CCC[C@@H](C)CC. The van der Waals surface area contributed by atoms with Crippen molar-refractivity contribution in [2.75, 3.05) is 26.7 Å². The van der Waals surface area contributed by atoms with Crippen LogP contribution in [0.1, 0.15) is 65.4 Å². The van der Waals surface area contributed by atoms with Crippen LogP contribution in [0.25, 0.3) is 0 Å². The Morgan fingerprint density at radius 3 is 2.43 bits per heavy atom. The summed E-state index contributed by atoms with van der Waals surface area (Å²) in [6, 6.07) is 10.1. The summed E-state index contributed by atoms with van der Waals surface area (Å²) in [6.45, 7) is 10.1. The molecule has 0 spiro atoms. The van der Waals surface area contributed by atoms with Crippen LogP contribution in [0, 0.1) is 11.8 Å². The largest absolute Gasteiger partial charge is 0.379 e. The summed E-state index contributed by atoms with van der Waals surface area (Å²) in [7, 11) is 1.62. The minimum atomic E-state index is -0.321. The van der Waals surface area contributed by atoms with Gasteiger partial charge in [0.1, 0.15) is 0 Å². The fraction of sp³-hybridized carbons (Fsp3) is 0.680. The van der Waals surface area contributed by atoms with Crippen molar-refractivity contribution >= 4 is 11.8 Å². The van der Waals surface area contributed by atoms with Gasteiger partial charge in [0.2, 0.25) is 11.8 Å². The molecule has 0 aromatic heterocycles. The van der Waals surface area contributed by atoms with Crippen LogP contribution in [0.4, 0.5) is 0 Å². The van der Waals surface area contributed by atoms with Crippen molar-refractivity contribution in [1.29, 1.82) is 0 Å². The quantitative estimate of drug-likeness (QED) is 0.458. The Morgan fingerprint density at radius 1 is 1.13 bits per heavy atom. The third kappa shape index (κ3) is 9.75. The summed E-state index contributed by atoms with van der Waals surface area (Å²) in [6.07, 6.45) is 5.09. The van der Waals surface area contributed by atoms with Gasteiger partial charge in [-0.25, -0.2) is 0 Å². The van der Waals surface area contributed by atoms with Gasteiger partial charge < -0.3 is 15.0 Å². The topological polar surface area (TPSA) is 58.6 Å². The van der Waals surface area contributed by atoms with Crippen molar-refractivity contribution in [1.82, 2.24) is 10.2 Å². The lowest BCUT2D eigenvalue weighted by molar-refractivity contribution is -0.137. The Kier molecular flexibility index (Phi) is 13.1. The van der Waals surface area contributed by atoms with Crippen molar-refractivity contribution in [2.24, 2.45) is 11.8 Å². The number of carbonyl (C=O) groups is 2. The minimum absolute atomic E-state index is 0.0292. The number of methoxy groups -OCH3 is 1. The van der Waals surface area contributed by atoms with E-state index in [2.05, 4.69) is 38.2 Å². The average molecular weight is 419 g/mol. The van der Waals surface area contributed by atoms with Gasteiger partial charge in [-0.1, -0.05) is 70.9 Å². The first kappa shape index (κ1) is 26.2. The third-order valence-corrected chi connectivity index (χ3v) is 5.86. The van der Waals surface area contributed by atoms with Gasteiger partial charge in [-0.3, -0.25) is 9.59 Å². The normalized spacial score (nSPS) is 14.0. The lowest BCUT2D eigenvalue weighted by Crippen LogP contribution is -2.45. The van der Waals surface area contributed by atoms with Gasteiger partial charge in [-0.05, 0) is 30.7 Å². The number of ether oxygens (including phenoxy) is 1. The van der Waals surface area contributed by atoms with E-state index in [9.17, 15) is 9.59 Å². The molecule has 1 rings (SSSR count). The number of hydrogen-bond donors (Lipinski definition) is 1. The van der Waals surface area contributed by atoms with Gasteiger partial charge >= 0.3 is 0 Å². The second-order valence-corrected chi connectivity index (χ2v) is 8.33. The molecule has 30 heavy (non-hydrogen) atoms. The van der Waals surface area contributed by atoms with Gasteiger partial charge in [0.25, 0.3) is 0 Å². The van der Waals surface area contributed by atoms with E-state index >= 15 is 0 Å². The Morgan fingerprint density at radius 2 is 1.83 bits per heavy atom. The molecule has 0 bridgehead atoms. The summed E-state index contributed by atoms with van der Waals surface area (Å²) in [5, 5.41) is 3.01. The predicted molar refractivity (Wildman–Crippen MR) is 123 cm³/mol. The summed E-state index contributed by atoms with van der Waals surface area (Å²) in [4.78, 5) is 27.2. The highest BCUT2D eigenvalue weighted by molar-refractivity contribution is 5.79. The average Bonchev–Trinajstić information content (AvgIpc) is 2.76. The fourth-order valence-corrected chi connectivity index (χ4v) is 3.51. The summed E-state index contributed by atoms with van der Waals surface area (Å²) in [5.41, 5.74) is 1.20. The van der Waals surface area contributed by atoms with Gasteiger partial charge in [0.15, 0.2) is 0 Å². The number of rotatable bonds is 15. The molecule has 1 aromatic rings. The van der Waals surface area contributed by atoms with Crippen LogP contribution in [-0.2, 0) is 20.7 Å². The van der Waals surface area contributed by atoms with E-state index in [-0.39, 0.29) is 23.8 Å². The van der Waals surface area contributed by atoms with E-state index in [0.29, 0.717) is 32.0 Å². The number of amides is 2. The molecule has 5 heteroatoms. The number of nitrogens with one attached hydrogen (secondary N) is 1. The Bertz CT molecular complexity index is 606. The fourth-order valence-electron chi connectivity index (χ4n) is 3.51. The van der Waals surface area contributed by atoms with Crippen molar-refractivity contribution in [2.45, 2.75) is 72.3 Å². The van der Waals surface area contributed by atoms with E-state index < -0.39 is 0 Å². The van der Waals surface area contributed by atoms with Gasteiger partial charge in [0.05, 0.1) is 12.0 Å². The maximum Gasteiger partial charge on any atom is 0.225 e. The van der Waals surface area contributed by atoms with Gasteiger partial charge in [-0.15, -0.1) is 0 Å². The number of benzene rings is 1. The molecule has 0 saturated carbocycles. The maximum atomic E-state index is 12.7. The lowest BCUT2D eigenvalue weighted by atomic mass is 10.0. The van der Waals surface area contributed by atoms with Crippen LogP contribution < -0.4 is 5.32 Å². The van der Waals surface area contributed by atoms with E-state index in [4.69, 9.17) is 4.74 Å². The Balaban J connectivity index is 2.54. The standard InChI is InChI=1S/C25H42N2O3/c1-6-18-27(24(28)15-11-12-20(3)7-2)19-23(30-5)21(4)25(29)26-17-16-22-13-9-8-10-14-22/h8-10,13-14,20-21,23H,6-7,11-12,15-19H2,1-5H3,(H,26,29)/t20-,21?,23-/m0/s1. The molecular weight excluding hydrogens is 376 g/mol. The zero-order chi connectivity index (χ0) is 22.4. The molecule has 1 N–H and O–H groups in total. The summed E-state index contributed by atoms with van der Waals surface area (Å²) >= 11 is 0. The smallest absolute Gasteiger partial charge is 0.225 e. The van der Waals surface area contributed by atoms with Crippen LogP contribution in [0.5, 0.6) is 0 Å². The third-order valence-electron chi connectivity index (χ3n) is 5.86. The second kappa shape index (κ2) is 15.0. The molecule has 1 aromatic carbocycles. The monoisotopic (exact) mass is 418 g/mol. The van der Waals surface area contributed by atoms with E-state index in [1.807, 2.05) is 30.0 Å². The number of nitrogens with zero attached hydrogens (tertiary/aromatic N) is 1. The molecule has 0 heterocycles. The van der Waals surface area contributed by atoms with Crippen LogP contribution >= 0.6 is 0 Å². The molecule has 0 aliphatic rings. The van der Waals surface area contributed by atoms with Gasteiger partial charge in [-0.2, -0.15) is 0 Å². The van der Waals surface area contributed by atoms with Crippen molar-refractivity contribution < 1.29 is 14.3 Å². The minimum Gasteiger partial charge on any atom is -0.379 e. The highest BCUT2D eigenvalue weighted by Crippen LogP contribution is 2.15. The predicted octanol–water partition coefficient (Wildman–Crippen LogP) is 4.45. The molecule has 0 saturated heterocycles. The molecule has 2 amide bonds. The van der Waals surface area contributed by atoms with Crippen molar-refractivity contribution in [3.63, 3.8) is 0 Å². The van der Waals surface area contributed by atoms with E-state index in [1.54, 1.807) is 7.11 Å². The van der Waals surface area contributed by atoms with Crippen LogP contribution in [-0.4, -0.2) is 49.6 Å². The number of carbonyl (C=O) groups excluding carboxylic acids is 2. The molecular formula is C25H42N2O3. The van der Waals surface area contributed by atoms with Crippen molar-refractivity contribution in [3.8, 4) is 0 Å². The molecule has 0 fully saturated rings. The molecule has 1 unspecified atom stereocenters. The molecule has 0 aliphatic heterocycles. The molecule has 0 radical (unpaired) electrons. The molecule has 3 atom stereocenters.